The zero-order valence-corrected chi connectivity index (χ0v) is 14.0. The van der Waals surface area contributed by atoms with Gasteiger partial charge in [0.2, 0.25) is 0 Å². The molecule has 0 aliphatic heterocycles. The van der Waals surface area contributed by atoms with Crippen LogP contribution in [0.2, 0.25) is 4.44 Å². The zero-order valence-electron chi connectivity index (χ0n) is 11.1. The SMILES string of the molecule is CCC[CH2][Sn]/[CH]=C/c1ccc(C(=O)OCC)cc1. The van der Waals surface area contributed by atoms with Gasteiger partial charge in [-0.05, 0) is 0 Å². The van der Waals surface area contributed by atoms with Crippen LogP contribution >= 0.6 is 0 Å². The van der Waals surface area contributed by atoms with Gasteiger partial charge in [0.05, 0.1) is 0 Å². The molecular formula is C15H20O2Sn. The number of carbonyl (C=O) groups is 1. The molecule has 0 bridgehead atoms. The van der Waals surface area contributed by atoms with Crippen LogP contribution in [-0.4, -0.2) is 33.7 Å². The number of ether oxygens (including phenoxy) is 1. The second kappa shape index (κ2) is 9.20. The molecular weight excluding hydrogens is 331 g/mol. The molecule has 18 heavy (non-hydrogen) atoms. The molecule has 0 amide bonds. The van der Waals surface area contributed by atoms with E-state index in [1.54, 1.807) is 0 Å². The number of unbranched alkanes of at least 4 members (excludes halogenated alkanes) is 1. The monoisotopic (exact) mass is 352 g/mol. The minimum atomic E-state index is -0.311. The molecule has 0 fully saturated rings. The molecule has 1 rings (SSSR count). The summed E-state index contributed by atoms with van der Waals surface area (Å²) in [6.07, 6.45) is 4.83. The molecule has 0 N–H and O–H groups in total. The molecule has 0 atom stereocenters. The van der Waals surface area contributed by atoms with Crippen molar-refractivity contribution in [1.82, 2.24) is 0 Å². The van der Waals surface area contributed by atoms with Gasteiger partial charge in [0.1, 0.15) is 0 Å². The standard InChI is InChI=1S/C11H11O2.C4H9.Sn/c1-3-9-5-7-10(8-6-9)11(12)13-4-2;1-3-4-2;/h1,3,5-8H,4H2,2H3;1,3-4H2,2H3;. The van der Waals surface area contributed by atoms with Crippen LogP contribution in [0.25, 0.3) is 6.08 Å². The first-order valence-corrected chi connectivity index (χ1v) is 10.1. The average molecular weight is 351 g/mol. The summed E-state index contributed by atoms with van der Waals surface area (Å²) in [6.45, 7) is 4.47. The fourth-order valence-electron chi connectivity index (χ4n) is 1.46. The molecule has 0 saturated heterocycles. The predicted molar refractivity (Wildman–Crippen MR) is 76.9 cm³/mol. The molecule has 0 unspecified atom stereocenters. The van der Waals surface area contributed by atoms with Gasteiger partial charge in [0.15, 0.2) is 0 Å². The van der Waals surface area contributed by atoms with Gasteiger partial charge in [-0.1, -0.05) is 0 Å². The molecule has 0 aromatic heterocycles. The van der Waals surface area contributed by atoms with Gasteiger partial charge in [-0.25, -0.2) is 0 Å². The molecule has 1 aromatic carbocycles. The van der Waals surface area contributed by atoms with Crippen LogP contribution < -0.4 is 0 Å². The molecule has 2 nitrogen and oxygen atoms in total. The topological polar surface area (TPSA) is 26.3 Å². The normalized spacial score (nSPS) is 10.8. The van der Waals surface area contributed by atoms with Crippen LogP contribution in [0.4, 0.5) is 0 Å². The molecule has 0 aliphatic carbocycles. The van der Waals surface area contributed by atoms with Crippen molar-refractivity contribution < 1.29 is 9.53 Å². The summed E-state index contributed by atoms with van der Waals surface area (Å²) in [5.41, 5.74) is 1.79. The van der Waals surface area contributed by atoms with Crippen molar-refractivity contribution >= 4 is 33.2 Å². The fourth-order valence-corrected chi connectivity index (χ4v) is 4.42. The van der Waals surface area contributed by atoms with Crippen LogP contribution in [0.15, 0.2) is 28.4 Å². The third kappa shape index (κ3) is 5.71. The maximum atomic E-state index is 11.5. The van der Waals surface area contributed by atoms with Crippen LogP contribution in [-0.2, 0) is 4.74 Å². The molecule has 0 heterocycles. The van der Waals surface area contributed by atoms with Gasteiger partial charge in [-0.2, -0.15) is 0 Å². The third-order valence-electron chi connectivity index (χ3n) is 2.49. The Hall–Kier alpha value is -0.771. The molecule has 0 spiro atoms. The number of hydrogen-bond donors (Lipinski definition) is 0. The Balaban J connectivity index is 2.47. The fraction of sp³-hybridized carbons (Fsp3) is 0.400. The molecule has 1 aromatic rings. The third-order valence-corrected chi connectivity index (χ3v) is 5.47. The Labute approximate surface area is 120 Å². The van der Waals surface area contributed by atoms with Crippen molar-refractivity contribution in [2.75, 3.05) is 6.61 Å². The van der Waals surface area contributed by atoms with Gasteiger partial charge >= 0.3 is 120 Å². The van der Waals surface area contributed by atoms with Gasteiger partial charge in [-0.3, -0.25) is 0 Å². The zero-order chi connectivity index (χ0) is 13.2. The maximum absolute atomic E-state index is 11.5. The Kier molecular flexibility index (Phi) is 7.81. The van der Waals surface area contributed by atoms with E-state index in [-0.39, 0.29) is 27.1 Å². The number of hydrogen-bond acceptors (Lipinski definition) is 2. The molecule has 2 radical (unpaired) electrons. The van der Waals surface area contributed by atoms with Crippen LogP contribution in [0, 0.1) is 0 Å². The summed E-state index contributed by atoms with van der Waals surface area (Å²) < 4.78 is 8.72. The Morgan fingerprint density at radius 3 is 2.61 bits per heavy atom. The Morgan fingerprint density at radius 1 is 1.28 bits per heavy atom. The first-order valence-electron chi connectivity index (χ1n) is 6.45. The summed E-state index contributed by atoms with van der Waals surface area (Å²) in [5.74, 6) is -0.243. The van der Waals surface area contributed by atoms with E-state index in [1.807, 2.05) is 31.2 Å². The summed E-state index contributed by atoms with van der Waals surface area (Å²) >= 11 is -0.311. The summed E-state index contributed by atoms with van der Waals surface area (Å²) in [6, 6.07) is 7.60. The van der Waals surface area contributed by atoms with E-state index in [4.69, 9.17) is 4.74 Å². The molecule has 0 aliphatic rings. The summed E-state index contributed by atoms with van der Waals surface area (Å²) in [7, 11) is 0. The second-order valence-electron chi connectivity index (χ2n) is 3.98. The number of benzene rings is 1. The van der Waals surface area contributed by atoms with E-state index in [0.29, 0.717) is 12.2 Å². The Morgan fingerprint density at radius 2 is 2.00 bits per heavy atom. The van der Waals surface area contributed by atoms with Crippen molar-refractivity contribution in [1.29, 1.82) is 0 Å². The average Bonchev–Trinajstić information content (AvgIpc) is 2.39. The minimum absolute atomic E-state index is 0.243. The second-order valence-corrected chi connectivity index (χ2v) is 7.53. The molecule has 96 valence electrons. The van der Waals surface area contributed by atoms with E-state index >= 15 is 0 Å². The Bertz CT molecular complexity index is 382. The number of esters is 1. The van der Waals surface area contributed by atoms with Crippen LogP contribution in [0.3, 0.4) is 0 Å². The van der Waals surface area contributed by atoms with E-state index in [1.165, 1.54) is 22.8 Å². The number of rotatable bonds is 7. The number of carbonyl (C=O) groups excluding carboxylic acids is 1. The van der Waals surface area contributed by atoms with Crippen molar-refractivity contribution in [3.8, 4) is 0 Å². The first-order chi connectivity index (χ1) is 8.77. The summed E-state index contributed by atoms with van der Waals surface area (Å²) in [4.78, 5) is 11.5. The van der Waals surface area contributed by atoms with Crippen molar-refractivity contribution in [3.63, 3.8) is 0 Å². The van der Waals surface area contributed by atoms with Crippen LogP contribution in [0.5, 0.6) is 0 Å². The molecule has 3 heteroatoms. The van der Waals surface area contributed by atoms with Gasteiger partial charge in [0.25, 0.3) is 0 Å². The van der Waals surface area contributed by atoms with E-state index < -0.39 is 0 Å². The van der Waals surface area contributed by atoms with E-state index in [2.05, 4.69) is 17.1 Å². The summed E-state index contributed by atoms with van der Waals surface area (Å²) in [5, 5.41) is 0. The van der Waals surface area contributed by atoms with Gasteiger partial charge < -0.3 is 0 Å². The first kappa shape index (κ1) is 15.3. The van der Waals surface area contributed by atoms with Crippen molar-refractivity contribution in [2.45, 2.75) is 31.1 Å². The van der Waals surface area contributed by atoms with Crippen molar-refractivity contribution in [2.24, 2.45) is 0 Å². The quantitative estimate of drug-likeness (QED) is 0.425. The van der Waals surface area contributed by atoms with E-state index in [0.717, 1.165) is 0 Å². The van der Waals surface area contributed by atoms with E-state index in [9.17, 15) is 4.79 Å². The van der Waals surface area contributed by atoms with Crippen LogP contribution in [0.1, 0.15) is 42.6 Å². The van der Waals surface area contributed by atoms with Gasteiger partial charge in [0, 0.05) is 0 Å². The predicted octanol–water partition coefficient (Wildman–Crippen LogP) is 3.76. The molecule has 0 saturated carbocycles. The van der Waals surface area contributed by atoms with Gasteiger partial charge in [-0.15, -0.1) is 0 Å². The van der Waals surface area contributed by atoms with Crippen molar-refractivity contribution in [3.05, 3.63) is 39.5 Å².